The Bertz CT molecular complexity index is 2980. The maximum Gasteiger partial charge on any atom is 0.370 e. The number of ketones is 1. The number of carbonyl (C=O) groups is 6. The van der Waals surface area contributed by atoms with Crippen molar-refractivity contribution in [1.82, 2.24) is 14.7 Å². The van der Waals surface area contributed by atoms with Crippen LogP contribution in [0.4, 0.5) is 28.4 Å². The predicted molar refractivity (Wildman–Crippen MR) is 340 cm³/mol. The third-order valence-electron chi connectivity index (χ3n) is 13.6. The normalized spacial score (nSPS) is 15.9. The Labute approximate surface area is 545 Å². The van der Waals surface area contributed by atoms with Gasteiger partial charge in [-0.25, -0.2) is 9.48 Å². The number of nitrogens with one attached hydrogen (secondary N) is 1. The molecule has 0 atom stereocenters. The first-order valence-electron chi connectivity index (χ1n) is 26.3. The molecule has 3 fully saturated rings. The third-order valence-corrected chi connectivity index (χ3v) is 13.8. The van der Waals surface area contributed by atoms with E-state index in [4.69, 9.17) is 16.3 Å². The Morgan fingerprint density at radius 2 is 1.20 bits per heavy atom. The van der Waals surface area contributed by atoms with Crippen LogP contribution in [0.25, 0.3) is 5.69 Å². The van der Waals surface area contributed by atoms with Crippen molar-refractivity contribution in [3.63, 3.8) is 0 Å². The number of carbonyl (C=O) groups excluding carboxylic acids is 6. The first-order chi connectivity index (χ1) is 38.8. The number of aromatic nitrogens is 2. The van der Waals surface area contributed by atoms with Crippen LogP contribution in [0.2, 0.25) is 0 Å². The number of rotatable bonds is 12. The van der Waals surface area contributed by atoms with Gasteiger partial charge in [-0.3, -0.25) is 34.3 Å². The number of aryl methyl sites for hydroxylation is 1. The number of halogens is 4. The number of anilines is 5. The summed E-state index contributed by atoms with van der Waals surface area (Å²) in [5, 5.41) is 17.3. The zero-order valence-corrected chi connectivity index (χ0v) is 56.0. The molecule has 0 bridgehead atoms. The van der Waals surface area contributed by atoms with Gasteiger partial charge in [-0.15, -0.1) is 0 Å². The van der Waals surface area contributed by atoms with Crippen LogP contribution in [0.15, 0.2) is 114 Å². The van der Waals surface area contributed by atoms with Gasteiger partial charge in [-0.1, -0.05) is 47.5 Å². The van der Waals surface area contributed by atoms with E-state index < -0.39 is 5.97 Å². The summed E-state index contributed by atoms with van der Waals surface area (Å²) in [7, 11) is 0. The predicted octanol–water partition coefficient (Wildman–Crippen LogP) is 10.9. The number of aliphatic hydroxyl groups is 1. The Kier molecular flexibility index (Phi) is 30.7. The quantitative estimate of drug-likeness (QED) is 0.0300. The number of amides is 4. The van der Waals surface area contributed by atoms with Crippen molar-refractivity contribution < 1.29 is 80.5 Å². The van der Waals surface area contributed by atoms with E-state index in [9.17, 15) is 33.9 Å². The molecule has 0 unspecified atom stereocenters. The number of benzene rings is 4. The molecular weight excluding hydrogens is 1480 g/mol. The van der Waals surface area contributed by atoms with Crippen molar-refractivity contribution >= 4 is 140 Å². The molecule has 82 heavy (non-hydrogen) atoms. The Hall–Kier alpha value is -4.31. The molecule has 1 aromatic heterocycles. The largest absolute Gasteiger partial charge is 0.461 e. The van der Waals surface area contributed by atoms with Crippen LogP contribution in [0, 0.1) is 11.9 Å². The van der Waals surface area contributed by atoms with Crippen molar-refractivity contribution in [2.24, 2.45) is 5.10 Å². The molecule has 3 saturated heterocycles. The summed E-state index contributed by atoms with van der Waals surface area (Å²) in [6.45, 7) is 10.8. The molecule has 10 rings (SSSR count). The van der Waals surface area contributed by atoms with Gasteiger partial charge in [0.05, 0.1) is 43.5 Å². The van der Waals surface area contributed by atoms with Crippen LogP contribution in [-0.4, -0.2) is 119 Å². The number of piperidine rings is 2. The molecule has 0 spiro atoms. The fraction of sp³-hybridized carbons (Fsp3) is 0.362. The molecule has 2 radical (unpaired) electrons. The minimum Gasteiger partial charge on any atom is -0.461 e. The fourth-order valence-corrected chi connectivity index (χ4v) is 9.65. The molecule has 5 aromatic rings. The summed E-state index contributed by atoms with van der Waals surface area (Å²) in [5.41, 5.74) is 11.5. The number of hydrogen-bond donors (Lipinski definition) is 2. The molecule has 0 aliphatic carbocycles. The summed E-state index contributed by atoms with van der Waals surface area (Å²) < 4.78 is 11.6. The standard InChI is InChI=1S/C26H26N4O4.C20H25N3O3.C11H13ClN2O2.CH2I.I2.2V/c1-17(32)24-22-13-15-29(20-11-9-19(10-12-20)28-14-3-2-4-23(28)33)26(34)25(22)30(27-24)21-7-5-18(16-31)6-8-21;24-19-5-1-2-10-22(19)16-6-8-17(9-7-16)23-11-3-4-18(20(23)25)21-12-14-26-15-13-21;1-3-16-11(15)10(12)14-13-9-6-4-8(2)5-7-9;2*1-2;;/h5-12,31H,2-4,13-16H2,1H3;4,6-9H,1-3,5,10-15H2;4-7,13H,3H2,1-2H3;1H2;;;/q;;;-1;;;/b;;14-10-;;;;. The summed E-state index contributed by atoms with van der Waals surface area (Å²) in [6.07, 6.45) is 8.54. The number of nitrogens with zero attached hydrogens (tertiary/aromatic N) is 8. The molecule has 6 heterocycles. The zero-order valence-electron chi connectivity index (χ0n) is 45.9. The van der Waals surface area contributed by atoms with Crippen molar-refractivity contribution in [3.05, 3.63) is 142 Å². The van der Waals surface area contributed by atoms with Gasteiger partial charge in [0.1, 0.15) is 11.4 Å². The smallest absolute Gasteiger partial charge is 0.370 e. The second-order valence-electron chi connectivity index (χ2n) is 18.7. The van der Waals surface area contributed by atoms with Crippen LogP contribution in [-0.2, 0) is 78.8 Å². The van der Waals surface area contributed by atoms with Crippen molar-refractivity contribution in [2.75, 3.05) is 84.1 Å². The first kappa shape index (κ1) is 70.2. The van der Waals surface area contributed by atoms with Gasteiger partial charge in [0, 0.05) is 162 Å². The monoisotopic (exact) mass is 1550 g/mol. The minimum absolute atomic E-state index is 0. The first-order valence-corrected chi connectivity index (χ1v) is 34.5. The van der Waals surface area contributed by atoms with E-state index in [-0.39, 0.29) is 84.9 Å². The molecule has 4 aromatic carbocycles. The summed E-state index contributed by atoms with van der Waals surface area (Å²) in [4.78, 5) is 86.9. The average Bonchev–Trinajstić information content (AvgIpc) is 4.16. The van der Waals surface area contributed by atoms with Gasteiger partial charge < -0.3 is 61.7 Å². The Morgan fingerprint density at radius 3 is 1.68 bits per heavy atom. The number of fused-ring (bicyclic) bond motifs is 1. The molecule has 5 aliphatic heterocycles. The number of esters is 1. The summed E-state index contributed by atoms with van der Waals surface area (Å²) in [5.74, 6) is -0.669. The maximum absolute atomic E-state index is 13.7. The minimum atomic E-state index is -0.635. The second kappa shape index (κ2) is 35.9. The molecule has 0 saturated carbocycles. The summed E-state index contributed by atoms with van der Waals surface area (Å²) >= 11 is 11.7. The molecule has 436 valence electrons. The number of hydrogen-bond acceptors (Lipinski definition) is 13. The van der Waals surface area contributed by atoms with Crippen LogP contribution < -0.4 is 25.0 Å². The van der Waals surface area contributed by atoms with Gasteiger partial charge in [0.25, 0.3) is 11.8 Å². The van der Waals surface area contributed by atoms with Gasteiger partial charge in [0.2, 0.25) is 17.0 Å². The maximum atomic E-state index is 13.7. The Morgan fingerprint density at radius 1 is 0.695 bits per heavy atom. The molecule has 5 aliphatic rings. The van der Waals surface area contributed by atoms with E-state index >= 15 is 0 Å². The Balaban J connectivity index is 0.000000268. The van der Waals surface area contributed by atoms with E-state index in [2.05, 4.69) is 67.4 Å². The number of morpholine rings is 1. The van der Waals surface area contributed by atoms with Gasteiger partial charge in [-0.05, 0) is 131 Å². The van der Waals surface area contributed by atoms with Crippen LogP contribution >= 0.6 is 71.4 Å². The third kappa shape index (κ3) is 18.6. The summed E-state index contributed by atoms with van der Waals surface area (Å²) in [6, 6.07) is 29.9. The SMILES string of the molecule is CC(=O)c1nn(-c2ccc(CO)cc2)c2c1CCN(c1ccc(N3CCCCC3=O)cc1)C2=O.CCOC(=O)/C(Cl)=N/Nc1ccc(C)cc1.II.O=C1CCCCN1c1ccc(N2CCC=C(N3CCOCC3)C2=O)cc1.[CH2-]I.[V].[V]. The topological polar surface area (TPSA) is 200 Å². The zero-order chi connectivity index (χ0) is 57.7. The van der Waals surface area contributed by atoms with Crippen LogP contribution in [0.5, 0.6) is 0 Å². The average molecular weight is 1550 g/mol. The van der Waals surface area contributed by atoms with Crippen molar-refractivity contribution in [1.29, 1.82) is 0 Å². The van der Waals surface area contributed by atoms with Gasteiger partial charge >= 0.3 is 5.97 Å². The molecule has 24 heteroatoms. The van der Waals surface area contributed by atoms with Crippen LogP contribution in [0.3, 0.4) is 0 Å². The number of hydrazone groups is 1. The number of ether oxygens (including phenoxy) is 2. The second-order valence-corrected chi connectivity index (χ2v) is 19.1. The van der Waals surface area contributed by atoms with E-state index in [0.29, 0.717) is 74.7 Å². The van der Waals surface area contributed by atoms with Gasteiger partial charge in [-0.2, -0.15) is 10.2 Å². The number of aliphatic hydroxyl groups excluding tert-OH is 1. The molecule has 18 nitrogen and oxygen atoms in total. The molecular formula is C58H66ClI3N9O9V2-. The van der Waals surface area contributed by atoms with Crippen molar-refractivity contribution in [3.8, 4) is 5.69 Å². The number of Topliss-reactive ketones (excluding diaryl/α,β-unsaturated/α-hetero) is 1. The molecule has 4 amide bonds. The van der Waals surface area contributed by atoms with E-state index in [1.165, 1.54) is 11.6 Å². The van der Waals surface area contributed by atoms with E-state index in [1.807, 2.05) is 118 Å². The van der Waals surface area contributed by atoms with E-state index in [0.717, 1.165) is 97.0 Å². The van der Waals surface area contributed by atoms with Crippen LogP contribution in [0.1, 0.15) is 96.5 Å². The molecule has 2 N–H and O–H groups in total. The fourth-order valence-electron chi connectivity index (χ4n) is 9.55. The van der Waals surface area contributed by atoms with Crippen molar-refractivity contribution in [2.45, 2.75) is 78.7 Å². The van der Waals surface area contributed by atoms with Gasteiger partial charge in [0.15, 0.2) is 5.78 Å². The van der Waals surface area contributed by atoms with E-state index in [1.54, 1.807) is 41.0 Å².